The van der Waals surface area contributed by atoms with Crippen molar-refractivity contribution < 1.29 is 19.4 Å². The van der Waals surface area contributed by atoms with Crippen molar-refractivity contribution in [1.29, 1.82) is 0 Å². The lowest BCUT2D eigenvalue weighted by Gasteiger charge is -2.24. The number of anilines is 1. The van der Waals surface area contributed by atoms with Gasteiger partial charge in [-0.1, -0.05) is 77.3 Å². The third-order valence-corrected chi connectivity index (χ3v) is 6.92. The first-order valence-corrected chi connectivity index (χ1v) is 15.2. The number of esters is 1. The van der Waals surface area contributed by atoms with Crippen LogP contribution in [-0.4, -0.2) is 34.0 Å². The molecule has 40 heavy (non-hydrogen) atoms. The van der Waals surface area contributed by atoms with Gasteiger partial charge in [-0.15, -0.1) is 0 Å². The Labute approximate surface area is 239 Å². The highest BCUT2D eigenvalue weighted by Crippen LogP contribution is 2.20. The maximum atomic E-state index is 13.2. The van der Waals surface area contributed by atoms with Crippen molar-refractivity contribution in [1.82, 2.24) is 9.25 Å². The van der Waals surface area contributed by atoms with Crippen LogP contribution in [0.25, 0.3) is 0 Å². The highest BCUT2D eigenvalue weighted by molar-refractivity contribution is 5.79. The van der Waals surface area contributed by atoms with Crippen molar-refractivity contribution in [3.63, 3.8) is 0 Å². The molecule has 224 valence electrons. The van der Waals surface area contributed by atoms with E-state index in [0.29, 0.717) is 44.2 Å². The van der Waals surface area contributed by atoms with Gasteiger partial charge >= 0.3 is 23.0 Å². The number of nitrogens with one attached hydrogen (secondary N) is 2. The summed E-state index contributed by atoms with van der Waals surface area (Å²) in [6, 6.07) is 7.53. The SMILES string of the molecule is CCCCCCCn1[nH+]c(NCCc2ccc(OC(C)(C)C(=O)OCC)cc2)c(=O)n(CCCCCCC)c1=O. The van der Waals surface area contributed by atoms with Crippen LogP contribution in [0, 0.1) is 0 Å². The van der Waals surface area contributed by atoms with Crippen molar-refractivity contribution in [3.8, 4) is 5.75 Å². The minimum atomic E-state index is -1.08. The Bertz CT molecular complexity index is 1140. The first kappa shape index (κ1) is 33.1. The van der Waals surface area contributed by atoms with Crippen molar-refractivity contribution in [3.05, 3.63) is 50.7 Å². The van der Waals surface area contributed by atoms with Gasteiger partial charge in [0, 0.05) is 13.0 Å². The third-order valence-electron chi connectivity index (χ3n) is 6.92. The number of hydrogen-bond acceptors (Lipinski definition) is 6. The minimum Gasteiger partial charge on any atom is -0.476 e. The minimum absolute atomic E-state index is 0.261. The standard InChI is InChI=1S/C31H50N4O5/c1-6-9-11-13-15-23-34-28(36)27(33-35(30(34)38)24-16-14-12-10-7-2)32-22-21-25-17-19-26(20-18-25)40-31(4,5)29(37)39-8-3/h17-20H,6-16,21-24H2,1-5H3,(H,32,33)/p+1. The maximum Gasteiger partial charge on any atom is 0.362 e. The van der Waals surface area contributed by atoms with Crippen LogP contribution < -0.4 is 26.4 Å². The Kier molecular flexibility index (Phi) is 14.5. The van der Waals surface area contributed by atoms with Crippen LogP contribution in [0.4, 0.5) is 5.82 Å². The van der Waals surface area contributed by atoms with Gasteiger partial charge in [0.15, 0.2) is 5.60 Å². The topological polar surface area (TPSA) is 106 Å². The van der Waals surface area contributed by atoms with E-state index in [-0.39, 0.29) is 11.2 Å². The van der Waals surface area contributed by atoms with E-state index in [2.05, 4.69) is 24.3 Å². The van der Waals surface area contributed by atoms with Crippen molar-refractivity contribution in [2.75, 3.05) is 18.5 Å². The number of aromatic nitrogens is 3. The molecule has 0 aliphatic heterocycles. The first-order valence-electron chi connectivity index (χ1n) is 15.2. The van der Waals surface area contributed by atoms with Crippen molar-refractivity contribution in [2.45, 2.75) is 124 Å². The molecule has 9 nitrogen and oxygen atoms in total. The van der Waals surface area contributed by atoms with Gasteiger partial charge in [0.2, 0.25) is 0 Å². The Morgan fingerprint density at radius 3 is 2.08 bits per heavy atom. The Balaban J connectivity index is 2.06. The van der Waals surface area contributed by atoms with Crippen LogP contribution in [-0.2, 0) is 29.0 Å². The second-order valence-corrected chi connectivity index (χ2v) is 10.9. The largest absolute Gasteiger partial charge is 0.476 e. The number of ether oxygens (including phenoxy) is 2. The van der Waals surface area contributed by atoms with E-state index in [1.165, 1.54) is 23.8 Å². The summed E-state index contributed by atoms with van der Waals surface area (Å²) in [5.74, 6) is 0.516. The van der Waals surface area contributed by atoms with Crippen LogP contribution >= 0.6 is 0 Å². The Morgan fingerprint density at radius 2 is 1.48 bits per heavy atom. The summed E-state index contributed by atoms with van der Waals surface area (Å²) < 4.78 is 13.9. The summed E-state index contributed by atoms with van der Waals surface area (Å²) in [6.45, 7) is 11.3. The molecule has 0 atom stereocenters. The van der Waals surface area contributed by atoms with Gasteiger partial charge in [0.05, 0.1) is 19.7 Å². The summed E-state index contributed by atoms with van der Waals surface area (Å²) in [4.78, 5) is 38.4. The van der Waals surface area contributed by atoms with E-state index in [1.807, 2.05) is 24.3 Å². The number of rotatable bonds is 20. The number of carbonyl (C=O) groups excluding carboxylic acids is 1. The van der Waals surface area contributed by atoms with E-state index >= 15 is 0 Å². The fraction of sp³-hybridized carbons (Fsp3) is 0.677. The number of unbranched alkanes of at least 4 members (excludes halogenated alkanes) is 8. The number of aromatic amines is 1. The molecule has 0 bridgehead atoms. The molecular formula is C31H51N4O5+. The Morgan fingerprint density at radius 1 is 0.875 bits per heavy atom. The van der Waals surface area contributed by atoms with E-state index in [9.17, 15) is 14.4 Å². The van der Waals surface area contributed by atoms with Gasteiger partial charge in [-0.3, -0.25) is 14.7 Å². The van der Waals surface area contributed by atoms with Gasteiger partial charge in [0.25, 0.3) is 0 Å². The fourth-order valence-electron chi connectivity index (χ4n) is 4.51. The zero-order valence-corrected chi connectivity index (χ0v) is 25.4. The molecule has 1 aromatic carbocycles. The van der Waals surface area contributed by atoms with E-state index in [1.54, 1.807) is 25.5 Å². The summed E-state index contributed by atoms with van der Waals surface area (Å²) in [5, 5.41) is 6.29. The summed E-state index contributed by atoms with van der Waals surface area (Å²) >= 11 is 0. The van der Waals surface area contributed by atoms with Gasteiger partial charge in [-0.2, -0.15) is 9.78 Å². The molecule has 0 saturated heterocycles. The predicted molar refractivity (Wildman–Crippen MR) is 159 cm³/mol. The zero-order chi connectivity index (χ0) is 29.4. The molecule has 1 aromatic heterocycles. The lowest BCUT2D eigenvalue weighted by atomic mass is 10.1. The van der Waals surface area contributed by atoms with E-state index in [0.717, 1.165) is 50.5 Å². The highest BCUT2D eigenvalue weighted by atomic mass is 16.6. The van der Waals surface area contributed by atoms with E-state index < -0.39 is 11.6 Å². The zero-order valence-electron chi connectivity index (χ0n) is 25.4. The number of aryl methyl sites for hydroxylation is 1. The molecule has 0 aliphatic carbocycles. The molecule has 0 unspecified atom stereocenters. The maximum absolute atomic E-state index is 13.2. The quantitative estimate of drug-likeness (QED) is 0.178. The monoisotopic (exact) mass is 559 g/mol. The second-order valence-electron chi connectivity index (χ2n) is 10.9. The molecule has 2 N–H and O–H groups in total. The molecule has 0 fully saturated rings. The van der Waals surface area contributed by atoms with Crippen LogP contribution in [0.3, 0.4) is 0 Å². The van der Waals surface area contributed by atoms with Crippen LogP contribution in [0.2, 0.25) is 0 Å². The van der Waals surface area contributed by atoms with Crippen LogP contribution in [0.5, 0.6) is 5.75 Å². The average molecular weight is 560 g/mol. The number of benzene rings is 1. The lowest BCUT2D eigenvalue weighted by molar-refractivity contribution is -0.487. The summed E-state index contributed by atoms with van der Waals surface area (Å²) in [6.07, 6.45) is 11.4. The average Bonchev–Trinajstić information content (AvgIpc) is 2.93. The van der Waals surface area contributed by atoms with Crippen LogP contribution in [0.15, 0.2) is 33.9 Å². The fourth-order valence-corrected chi connectivity index (χ4v) is 4.51. The third kappa shape index (κ3) is 10.8. The molecule has 2 aromatic rings. The number of hydrogen-bond donors (Lipinski definition) is 1. The summed E-state index contributed by atoms with van der Waals surface area (Å²) in [7, 11) is 0. The van der Waals surface area contributed by atoms with Crippen molar-refractivity contribution >= 4 is 11.8 Å². The predicted octanol–water partition coefficient (Wildman–Crippen LogP) is 5.14. The molecule has 0 amide bonds. The number of H-pyrrole nitrogens is 1. The molecule has 9 heteroatoms. The van der Waals surface area contributed by atoms with Gasteiger partial charge < -0.3 is 9.47 Å². The molecular weight excluding hydrogens is 508 g/mol. The second kappa shape index (κ2) is 17.6. The number of nitrogens with zero attached hydrogens (tertiary/aromatic N) is 2. The van der Waals surface area contributed by atoms with E-state index in [4.69, 9.17) is 9.47 Å². The highest BCUT2D eigenvalue weighted by Gasteiger charge is 2.31. The van der Waals surface area contributed by atoms with Gasteiger partial charge in [-0.05, 0) is 51.3 Å². The number of carbonyl (C=O) groups is 1. The summed E-state index contributed by atoms with van der Waals surface area (Å²) in [5.41, 5.74) is -0.589. The molecule has 2 rings (SSSR count). The van der Waals surface area contributed by atoms with Gasteiger partial charge in [0.1, 0.15) is 5.75 Å². The normalized spacial score (nSPS) is 11.4. The lowest BCUT2D eigenvalue weighted by Crippen LogP contribution is -2.50. The molecule has 0 aliphatic rings. The van der Waals surface area contributed by atoms with Crippen molar-refractivity contribution in [2.24, 2.45) is 0 Å². The molecule has 1 heterocycles. The molecule has 0 radical (unpaired) electrons. The van der Waals surface area contributed by atoms with Gasteiger partial charge in [-0.25, -0.2) is 9.59 Å². The first-order chi connectivity index (χ1) is 19.2. The van der Waals surface area contributed by atoms with Crippen LogP contribution in [0.1, 0.15) is 104 Å². The molecule has 0 saturated carbocycles. The smallest absolute Gasteiger partial charge is 0.362 e. The molecule has 0 spiro atoms. The Hall–Kier alpha value is -3.10.